The van der Waals surface area contributed by atoms with Gasteiger partial charge in [-0.25, -0.2) is 0 Å². The van der Waals surface area contributed by atoms with Gasteiger partial charge in [0.1, 0.15) is 11.9 Å². The van der Waals surface area contributed by atoms with Gasteiger partial charge < -0.3 is 10.1 Å². The summed E-state index contributed by atoms with van der Waals surface area (Å²) < 4.78 is 5.68. The van der Waals surface area contributed by atoms with Crippen molar-refractivity contribution in [2.24, 2.45) is 0 Å². The number of amides is 1. The molecular weight excluding hydrogens is 234 g/mol. The van der Waals surface area contributed by atoms with Crippen LogP contribution in [-0.4, -0.2) is 30.6 Å². The maximum atomic E-state index is 11.3. The Labute approximate surface area is 107 Å². The van der Waals surface area contributed by atoms with Crippen LogP contribution in [0.25, 0.3) is 0 Å². The topological polar surface area (TPSA) is 38.3 Å². The Balaban J connectivity index is 2.31. The summed E-state index contributed by atoms with van der Waals surface area (Å²) in [5.74, 6) is 1.39. The fourth-order valence-electron chi connectivity index (χ4n) is 1.33. The van der Waals surface area contributed by atoms with E-state index in [9.17, 15) is 4.79 Å². The van der Waals surface area contributed by atoms with E-state index in [1.54, 1.807) is 0 Å². The molecule has 0 aliphatic rings. The van der Waals surface area contributed by atoms with Gasteiger partial charge in [-0.15, -0.1) is 0 Å². The Kier molecular flexibility index (Phi) is 5.91. The van der Waals surface area contributed by atoms with Gasteiger partial charge in [0.25, 0.3) is 0 Å². The lowest BCUT2D eigenvalue weighted by molar-refractivity contribution is -0.118. The van der Waals surface area contributed by atoms with Crippen LogP contribution in [0.1, 0.15) is 12.5 Å². The first kappa shape index (κ1) is 13.9. The molecule has 1 aromatic carbocycles. The number of carbonyl (C=O) groups excluding carboxylic acids is 1. The molecule has 1 rings (SSSR count). The average molecular weight is 253 g/mol. The summed E-state index contributed by atoms with van der Waals surface area (Å²) in [5, 5.41) is 2.83. The molecule has 0 aromatic heterocycles. The number of nitrogens with one attached hydrogen (secondary N) is 1. The molecule has 0 saturated heterocycles. The van der Waals surface area contributed by atoms with Crippen molar-refractivity contribution in [1.29, 1.82) is 0 Å². The highest BCUT2D eigenvalue weighted by Crippen LogP contribution is 2.12. The van der Waals surface area contributed by atoms with Gasteiger partial charge in [-0.2, -0.15) is 11.8 Å². The molecule has 1 amide bonds. The summed E-state index contributed by atoms with van der Waals surface area (Å²) >= 11 is 1.51. The monoisotopic (exact) mass is 253 g/mol. The quantitative estimate of drug-likeness (QED) is 0.845. The van der Waals surface area contributed by atoms with E-state index in [0.717, 1.165) is 5.75 Å². The molecule has 0 spiro atoms. The Hall–Kier alpha value is -1.16. The molecule has 1 unspecified atom stereocenters. The van der Waals surface area contributed by atoms with Gasteiger partial charge in [-0.05, 0) is 32.2 Å². The number of benzene rings is 1. The normalized spacial score (nSPS) is 11.9. The summed E-state index contributed by atoms with van der Waals surface area (Å²) in [6.45, 7) is 4.52. The van der Waals surface area contributed by atoms with Crippen molar-refractivity contribution in [3.63, 3.8) is 0 Å². The smallest absolute Gasteiger partial charge is 0.230 e. The molecule has 1 aromatic rings. The van der Waals surface area contributed by atoms with Gasteiger partial charge in [-0.1, -0.05) is 17.7 Å². The highest BCUT2D eigenvalue weighted by Gasteiger charge is 2.06. The third-order valence-corrected chi connectivity index (χ3v) is 2.77. The molecule has 0 fully saturated rings. The molecule has 0 heterocycles. The zero-order valence-corrected chi connectivity index (χ0v) is 11.3. The number of carbonyl (C=O) groups is 1. The van der Waals surface area contributed by atoms with Gasteiger partial charge in [0, 0.05) is 0 Å². The molecule has 94 valence electrons. The van der Waals surface area contributed by atoms with Crippen LogP contribution in [0.15, 0.2) is 24.3 Å². The molecule has 17 heavy (non-hydrogen) atoms. The van der Waals surface area contributed by atoms with Crippen LogP contribution in [0, 0.1) is 6.92 Å². The molecule has 0 aliphatic heterocycles. The SMILES string of the molecule is CSCC(=O)NCC(C)Oc1ccc(C)cc1. The van der Waals surface area contributed by atoms with E-state index >= 15 is 0 Å². The van der Waals surface area contributed by atoms with Gasteiger partial charge in [-0.3, -0.25) is 4.79 Å². The predicted molar refractivity (Wildman–Crippen MR) is 72.7 cm³/mol. The highest BCUT2D eigenvalue weighted by atomic mass is 32.2. The second kappa shape index (κ2) is 7.22. The summed E-state index contributed by atoms with van der Waals surface area (Å²) in [4.78, 5) is 11.3. The predicted octanol–water partition coefficient (Wildman–Crippen LogP) is 2.24. The first-order chi connectivity index (χ1) is 8.11. The first-order valence-electron chi connectivity index (χ1n) is 5.60. The lowest BCUT2D eigenvalue weighted by atomic mass is 10.2. The zero-order valence-electron chi connectivity index (χ0n) is 10.5. The number of hydrogen-bond acceptors (Lipinski definition) is 3. The summed E-state index contributed by atoms with van der Waals surface area (Å²) in [5.41, 5.74) is 1.21. The van der Waals surface area contributed by atoms with E-state index in [0.29, 0.717) is 12.3 Å². The Morgan fingerprint density at radius 3 is 2.65 bits per heavy atom. The average Bonchev–Trinajstić information content (AvgIpc) is 2.30. The van der Waals surface area contributed by atoms with Crippen molar-refractivity contribution in [1.82, 2.24) is 5.32 Å². The molecule has 0 saturated carbocycles. The molecule has 0 radical (unpaired) electrons. The zero-order chi connectivity index (χ0) is 12.7. The minimum atomic E-state index is -0.0245. The molecule has 0 bridgehead atoms. The third kappa shape index (κ3) is 5.63. The molecule has 1 N–H and O–H groups in total. The van der Waals surface area contributed by atoms with Crippen molar-refractivity contribution < 1.29 is 9.53 Å². The van der Waals surface area contributed by atoms with E-state index < -0.39 is 0 Å². The van der Waals surface area contributed by atoms with E-state index in [1.165, 1.54) is 17.3 Å². The Morgan fingerprint density at radius 1 is 1.41 bits per heavy atom. The van der Waals surface area contributed by atoms with Gasteiger partial charge in [0.15, 0.2) is 0 Å². The van der Waals surface area contributed by atoms with Crippen LogP contribution in [0.2, 0.25) is 0 Å². The first-order valence-corrected chi connectivity index (χ1v) is 7.00. The second-order valence-electron chi connectivity index (χ2n) is 3.98. The summed E-state index contributed by atoms with van der Waals surface area (Å²) in [7, 11) is 0. The summed E-state index contributed by atoms with van der Waals surface area (Å²) in [6.07, 6.45) is 1.88. The second-order valence-corrected chi connectivity index (χ2v) is 4.84. The molecule has 3 nitrogen and oxygen atoms in total. The fourth-order valence-corrected chi connectivity index (χ4v) is 1.69. The molecular formula is C13H19NO2S. The lowest BCUT2D eigenvalue weighted by Crippen LogP contribution is -2.34. The van der Waals surface area contributed by atoms with Crippen LogP contribution >= 0.6 is 11.8 Å². The number of thioether (sulfide) groups is 1. The number of rotatable bonds is 6. The van der Waals surface area contributed by atoms with Crippen molar-refractivity contribution in [2.45, 2.75) is 20.0 Å². The van der Waals surface area contributed by atoms with Gasteiger partial charge in [0.05, 0.1) is 12.3 Å². The van der Waals surface area contributed by atoms with Crippen LogP contribution in [0.3, 0.4) is 0 Å². The fraction of sp³-hybridized carbons (Fsp3) is 0.462. The Bertz CT molecular complexity index is 351. The van der Waals surface area contributed by atoms with Gasteiger partial charge in [0.2, 0.25) is 5.91 Å². The summed E-state index contributed by atoms with van der Waals surface area (Å²) in [6, 6.07) is 7.90. The van der Waals surface area contributed by atoms with Crippen molar-refractivity contribution in [3.8, 4) is 5.75 Å². The molecule has 0 aliphatic carbocycles. The standard InChI is InChI=1S/C13H19NO2S/c1-10-4-6-12(7-5-10)16-11(2)8-14-13(15)9-17-3/h4-7,11H,8-9H2,1-3H3,(H,14,15). The maximum absolute atomic E-state index is 11.3. The largest absolute Gasteiger partial charge is 0.489 e. The van der Waals surface area contributed by atoms with Crippen molar-refractivity contribution in [2.75, 3.05) is 18.6 Å². The van der Waals surface area contributed by atoms with E-state index in [1.807, 2.05) is 44.4 Å². The van der Waals surface area contributed by atoms with Crippen LogP contribution in [0.4, 0.5) is 0 Å². The van der Waals surface area contributed by atoms with Crippen LogP contribution in [0.5, 0.6) is 5.75 Å². The van der Waals surface area contributed by atoms with Crippen LogP contribution < -0.4 is 10.1 Å². The number of ether oxygens (including phenoxy) is 1. The van der Waals surface area contributed by atoms with E-state index in [4.69, 9.17) is 4.74 Å². The van der Waals surface area contributed by atoms with E-state index in [2.05, 4.69) is 5.32 Å². The number of hydrogen-bond donors (Lipinski definition) is 1. The lowest BCUT2D eigenvalue weighted by Gasteiger charge is -2.15. The molecule has 4 heteroatoms. The number of aryl methyl sites for hydroxylation is 1. The van der Waals surface area contributed by atoms with Crippen LogP contribution in [-0.2, 0) is 4.79 Å². The minimum absolute atomic E-state index is 0.0245. The highest BCUT2D eigenvalue weighted by molar-refractivity contribution is 7.99. The minimum Gasteiger partial charge on any atom is -0.489 e. The van der Waals surface area contributed by atoms with E-state index in [-0.39, 0.29) is 12.0 Å². The third-order valence-electron chi connectivity index (χ3n) is 2.22. The maximum Gasteiger partial charge on any atom is 0.230 e. The van der Waals surface area contributed by atoms with Gasteiger partial charge >= 0.3 is 0 Å². The van der Waals surface area contributed by atoms with Crippen molar-refractivity contribution in [3.05, 3.63) is 29.8 Å². The molecule has 1 atom stereocenters. The van der Waals surface area contributed by atoms with Crippen molar-refractivity contribution >= 4 is 17.7 Å². The Morgan fingerprint density at radius 2 is 2.06 bits per heavy atom.